The van der Waals surface area contributed by atoms with Crippen LogP contribution in [-0.4, -0.2) is 29.2 Å². The molecule has 2 rings (SSSR count). The van der Waals surface area contributed by atoms with Crippen LogP contribution in [0, 0.1) is 0 Å². The number of nitrogens with zero attached hydrogens (tertiary/aromatic N) is 1. The molecule has 0 aliphatic heterocycles. The van der Waals surface area contributed by atoms with E-state index in [2.05, 4.69) is 11.0 Å². The lowest BCUT2D eigenvalue weighted by Gasteiger charge is -2.21. The Kier molecular flexibility index (Phi) is 3.23. The van der Waals surface area contributed by atoms with Crippen molar-refractivity contribution in [3.05, 3.63) is 29.8 Å². The summed E-state index contributed by atoms with van der Waals surface area (Å²) in [5.74, 6) is 0. The molecule has 0 amide bonds. The van der Waals surface area contributed by atoms with Gasteiger partial charge in [0.05, 0.1) is 6.61 Å². The standard InChI is InChI=1S/C12H18N2O/c13-12-4-2-1-3-10(12)9-14(7-8-15)11-5-6-11/h1-4,11,15H,5-9,13H2. The fourth-order valence-corrected chi connectivity index (χ4v) is 1.86. The Morgan fingerprint density at radius 2 is 2.07 bits per heavy atom. The Hall–Kier alpha value is -1.06. The van der Waals surface area contributed by atoms with E-state index in [1.807, 2.05) is 18.2 Å². The third kappa shape index (κ3) is 2.70. The van der Waals surface area contributed by atoms with E-state index in [1.165, 1.54) is 12.8 Å². The molecule has 1 aliphatic carbocycles. The Labute approximate surface area is 90.5 Å². The third-order valence-corrected chi connectivity index (χ3v) is 2.88. The van der Waals surface area contributed by atoms with Crippen LogP contribution in [0.4, 0.5) is 5.69 Å². The number of hydrogen-bond donors (Lipinski definition) is 2. The molecule has 0 spiro atoms. The van der Waals surface area contributed by atoms with Crippen molar-refractivity contribution in [2.75, 3.05) is 18.9 Å². The molecule has 0 heterocycles. The molecule has 0 saturated heterocycles. The highest BCUT2D eigenvalue weighted by molar-refractivity contribution is 5.46. The van der Waals surface area contributed by atoms with E-state index < -0.39 is 0 Å². The number of rotatable bonds is 5. The second-order valence-corrected chi connectivity index (χ2v) is 4.12. The molecule has 82 valence electrons. The van der Waals surface area contributed by atoms with Gasteiger partial charge in [-0.25, -0.2) is 0 Å². The van der Waals surface area contributed by atoms with Crippen LogP contribution in [0.5, 0.6) is 0 Å². The lowest BCUT2D eigenvalue weighted by molar-refractivity contribution is 0.183. The minimum absolute atomic E-state index is 0.225. The highest BCUT2D eigenvalue weighted by atomic mass is 16.3. The van der Waals surface area contributed by atoms with E-state index in [9.17, 15) is 0 Å². The normalized spacial score (nSPS) is 15.9. The van der Waals surface area contributed by atoms with Crippen molar-refractivity contribution in [2.24, 2.45) is 0 Å². The quantitative estimate of drug-likeness (QED) is 0.712. The second-order valence-electron chi connectivity index (χ2n) is 4.12. The van der Waals surface area contributed by atoms with Gasteiger partial charge in [-0.3, -0.25) is 4.90 Å². The molecule has 1 aliphatic rings. The number of hydrogen-bond acceptors (Lipinski definition) is 3. The Balaban J connectivity index is 2.02. The number of aliphatic hydroxyl groups is 1. The zero-order valence-corrected chi connectivity index (χ0v) is 8.89. The average molecular weight is 206 g/mol. The predicted octanol–water partition coefficient (Wildman–Crippen LogP) is 1.23. The number of benzene rings is 1. The number of aliphatic hydroxyl groups excluding tert-OH is 1. The molecule has 1 aromatic carbocycles. The molecule has 0 bridgehead atoms. The maximum atomic E-state index is 8.99. The van der Waals surface area contributed by atoms with Gasteiger partial charge in [0.25, 0.3) is 0 Å². The molecule has 0 aromatic heterocycles. The van der Waals surface area contributed by atoms with Crippen molar-refractivity contribution in [1.82, 2.24) is 4.90 Å². The van der Waals surface area contributed by atoms with Crippen molar-refractivity contribution < 1.29 is 5.11 Å². The van der Waals surface area contributed by atoms with E-state index >= 15 is 0 Å². The molecule has 3 N–H and O–H groups in total. The van der Waals surface area contributed by atoms with Gasteiger partial charge in [-0.05, 0) is 24.5 Å². The Morgan fingerprint density at radius 1 is 1.33 bits per heavy atom. The summed E-state index contributed by atoms with van der Waals surface area (Å²) in [5, 5.41) is 8.99. The topological polar surface area (TPSA) is 49.5 Å². The van der Waals surface area contributed by atoms with Gasteiger partial charge in [-0.1, -0.05) is 18.2 Å². The van der Waals surface area contributed by atoms with Gasteiger partial charge in [0.1, 0.15) is 0 Å². The summed E-state index contributed by atoms with van der Waals surface area (Å²) in [4.78, 5) is 2.31. The summed E-state index contributed by atoms with van der Waals surface area (Å²) in [6, 6.07) is 8.61. The van der Waals surface area contributed by atoms with Gasteiger partial charge in [0.2, 0.25) is 0 Å². The summed E-state index contributed by atoms with van der Waals surface area (Å²) in [6.07, 6.45) is 2.51. The van der Waals surface area contributed by atoms with Gasteiger partial charge in [-0.15, -0.1) is 0 Å². The smallest absolute Gasteiger partial charge is 0.0558 e. The average Bonchev–Trinajstić information content (AvgIpc) is 3.04. The van der Waals surface area contributed by atoms with Crippen molar-refractivity contribution in [3.8, 4) is 0 Å². The van der Waals surface area contributed by atoms with E-state index in [4.69, 9.17) is 10.8 Å². The van der Waals surface area contributed by atoms with Gasteiger partial charge in [0, 0.05) is 24.8 Å². The SMILES string of the molecule is Nc1ccccc1CN(CCO)C1CC1. The van der Waals surface area contributed by atoms with E-state index in [0.717, 1.165) is 24.3 Å². The lowest BCUT2D eigenvalue weighted by atomic mass is 10.1. The molecule has 15 heavy (non-hydrogen) atoms. The molecule has 3 nitrogen and oxygen atoms in total. The van der Waals surface area contributed by atoms with Crippen molar-refractivity contribution in [3.63, 3.8) is 0 Å². The van der Waals surface area contributed by atoms with E-state index in [-0.39, 0.29) is 6.61 Å². The molecular formula is C12H18N2O. The first-order valence-electron chi connectivity index (χ1n) is 5.49. The third-order valence-electron chi connectivity index (χ3n) is 2.88. The molecule has 1 fully saturated rings. The van der Waals surface area contributed by atoms with Crippen LogP contribution >= 0.6 is 0 Å². The molecule has 0 atom stereocenters. The Bertz CT molecular complexity index is 323. The van der Waals surface area contributed by atoms with Crippen LogP contribution in [0.2, 0.25) is 0 Å². The number of nitrogens with two attached hydrogens (primary N) is 1. The van der Waals surface area contributed by atoms with E-state index in [0.29, 0.717) is 6.04 Å². The van der Waals surface area contributed by atoms with Crippen LogP contribution in [-0.2, 0) is 6.54 Å². The highest BCUT2D eigenvalue weighted by Gasteiger charge is 2.28. The Morgan fingerprint density at radius 3 is 2.67 bits per heavy atom. The number of para-hydroxylation sites is 1. The summed E-state index contributed by atoms with van der Waals surface area (Å²) in [6.45, 7) is 1.83. The van der Waals surface area contributed by atoms with Gasteiger partial charge >= 0.3 is 0 Å². The first-order chi connectivity index (χ1) is 7.31. The predicted molar refractivity (Wildman–Crippen MR) is 61.4 cm³/mol. The summed E-state index contributed by atoms with van der Waals surface area (Å²) >= 11 is 0. The van der Waals surface area contributed by atoms with E-state index in [1.54, 1.807) is 0 Å². The molecule has 0 radical (unpaired) electrons. The molecule has 1 saturated carbocycles. The van der Waals surface area contributed by atoms with Gasteiger partial charge in [0.15, 0.2) is 0 Å². The van der Waals surface area contributed by atoms with Crippen LogP contribution in [0.3, 0.4) is 0 Å². The second kappa shape index (κ2) is 4.64. The van der Waals surface area contributed by atoms with Crippen LogP contribution in [0.25, 0.3) is 0 Å². The minimum atomic E-state index is 0.225. The van der Waals surface area contributed by atoms with Crippen molar-refractivity contribution in [2.45, 2.75) is 25.4 Å². The van der Waals surface area contributed by atoms with Crippen molar-refractivity contribution >= 4 is 5.69 Å². The summed E-state index contributed by atoms with van der Waals surface area (Å²) in [7, 11) is 0. The largest absolute Gasteiger partial charge is 0.398 e. The lowest BCUT2D eigenvalue weighted by Crippen LogP contribution is -2.28. The molecule has 3 heteroatoms. The molecular weight excluding hydrogens is 188 g/mol. The highest BCUT2D eigenvalue weighted by Crippen LogP contribution is 2.28. The van der Waals surface area contributed by atoms with Crippen molar-refractivity contribution in [1.29, 1.82) is 0 Å². The maximum Gasteiger partial charge on any atom is 0.0558 e. The maximum absolute atomic E-state index is 8.99. The first kappa shape index (κ1) is 10.5. The summed E-state index contributed by atoms with van der Waals surface area (Å²) in [5.41, 5.74) is 7.91. The van der Waals surface area contributed by atoms with Crippen LogP contribution in [0.15, 0.2) is 24.3 Å². The first-order valence-corrected chi connectivity index (χ1v) is 5.49. The van der Waals surface area contributed by atoms with Crippen LogP contribution < -0.4 is 5.73 Å². The van der Waals surface area contributed by atoms with Crippen LogP contribution in [0.1, 0.15) is 18.4 Å². The fraction of sp³-hybridized carbons (Fsp3) is 0.500. The zero-order valence-electron chi connectivity index (χ0n) is 8.89. The molecule has 0 unspecified atom stereocenters. The monoisotopic (exact) mass is 206 g/mol. The fourth-order valence-electron chi connectivity index (χ4n) is 1.86. The molecule has 1 aromatic rings. The number of anilines is 1. The number of nitrogen functional groups attached to an aromatic ring is 1. The summed E-state index contributed by atoms with van der Waals surface area (Å²) < 4.78 is 0. The van der Waals surface area contributed by atoms with Gasteiger partial charge in [-0.2, -0.15) is 0 Å². The zero-order chi connectivity index (χ0) is 10.7. The minimum Gasteiger partial charge on any atom is -0.398 e. The van der Waals surface area contributed by atoms with Gasteiger partial charge < -0.3 is 10.8 Å².